The zero-order valence-electron chi connectivity index (χ0n) is 10.5. The van der Waals surface area contributed by atoms with E-state index in [0.717, 1.165) is 12.1 Å². The van der Waals surface area contributed by atoms with E-state index >= 15 is 0 Å². The summed E-state index contributed by atoms with van der Waals surface area (Å²) in [5, 5.41) is 0. The molecule has 0 saturated carbocycles. The molecule has 0 fully saturated rings. The average Bonchev–Trinajstić information content (AvgIpc) is 2.43. The fourth-order valence-corrected chi connectivity index (χ4v) is 1.72. The maximum atomic E-state index is 13.7. The summed E-state index contributed by atoms with van der Waals surface area (Å²) in [6.45, 7) is 0. The number of methoxy groups -OCH3 is 1. The lowest BCUT2D eigenvalue weighted by molar-refractivity contribution is 0.103. The molecule has 0 N–H and O–H groups in total. The van der Waals surface area contributed by atoms with Crippen LogP contribution >= 0.6 is 0 Å². The largest absolute Gasteiger partial charge is 0.497 e. The summed E-state index contributed by atoms with van der Waals surface area (Å²) in [6.07, 6.45) is 0. The zero-order valence-corrected chi connectivity index (χ0v) is 10.5. The Labute approximate surface area is 115 Å². The van der Waals surface area contributed by atoms with Crippen molar-refractivity contribution < 1.29 is 31.5 Å². The van der Waals surface area contributed by atoms with Crippen LogP contribution in [0.15, 0.2) is 24.3 Å². The monoisotopic (exact) mass is 302 g/mol. The van der Waals surface area contributed by atoms with Gasteiger partial charge in [0.15, 0.2) is 23.2 Å². The number of benzene rings is 2. The van der Waals surface area contributed by atoms with Crippen molar-refractivity contribution in [1.29, 1.82) is 0 Å². The van der Waals surface area contributed by atoms with Gasteiger partial charge in [0.25, 0.3) is 0 Å². The highest BCUT2D eigenvalue weighted by atomic mass is 19.2. The smallest absolute Gasteiger partial charge is 0.199 e. The first-order chi connectivity index (χ1) is 9.85. The second-order valence-electron chi connectivity index (χ2n) is 4.05. The number of ketones is 1. The molecule has 0 aliphatic heterocycles. The van der Waals surface area contributed by atoms with Crippen LogP contribution in [0.2, 0.25) is 0 Å². The van der Waals surface area contributed by atoms with E-state index in [1.54, 1.807) is 0 Å². The Morgan fingerprint density at radius 1 is 0.857 bits per heavy atom. The third-order valence-corrected chi connectivity index (χ3v) is 2.72. The Kier molecular flexibility index (Phi) is 3.93. The standard InChI is InChI=1S/C14H7F5O2/c1-21-7-4-8(15)12(9(16)5-7)14(20)6-2-10(17)13(19)11(18)3-6/h2-5H,1H3. The molecular weight excluding hydrogens is 295 g/mol. The SMILES string of the molecule is COc1cc(F)c(C(=O)c2cc(F)c(F)c(F)c2)c(F)c1. The molecular formula is C14H7F5O2. The molecule has 2 rings (SSSR count). The first-order valence-electron chi connectivity index (χ1n) is 5.57. The van der Waals surface area contributed by atoms with E-state index in [2.05, 4.69) is 4.74 Å². The lowest BCUT2D eigenvalue weighted by Gasteiger charge is -2.07. The van der Waals surface area contributed by atoms with Crippen molar-refractivity contribution in [3.63, 3.8) is 0 Å². The van der Waals surface area contributed by atoms with Crippen molar-refractivity contribution in [1.82, 2.24) is 0 Å². The van der Waals surface area contributed by atoms with Crippen LogP contribution in [0, 0.1) is 29.1 Å². The Hall–Kier alpha value is -2.44. The van der Waals surface area contributed by atoms with Crippen LogP contribution in [-0.4, -0.2) is 12.9 Å². The van der Waals surface area contributed by atoms with Crippen LogP contribution in [-0.2, 0) is 0 Å². The minimum Gasteiger partial charge on any atom is -0.497 e. The minimum absolute atomic E-state index is 0.169. The number of hydrogen-bond donors (Lipinski definition) is 0. The van der Waals surface area contributed by atoms with E-state index in [4.69, 9.17) is 0 Å². The number of carbonyl (C=O) groups is 1. The maximum Gasteiger partial charge on any atom is 0.199 e. The minimum atomic E-state index is -1.78. The highest BCUT2D eigenvalue weighted by Crippen LogP contribution is 2.24. The van der Waals surface area contributed by atoms with Crippen LogP contribution < -0.4 is 4.74 Å². The molecule has 0 heterocycles. The number of halogens is 5. The number of rotatable bonds is 3. The Morgan fingerprint density at radius 3 is 1.76 bits per heavy atom. The molecule has 0 saturated heterocycles. The van der Waals surface area contributed by atoms with E-state index in [1.165, 1.54) is 7.11 Å². The lowest BCUT2D eigenvalue weighted by atomic mass is 10.0. The summed E-state index contributed by atoms with van der Waals surface area (Å²) in [5.74, 6) is -9.05. The van der Waals surface area contributed by atoms with Gasteiger partial charge in [0.05, 0.1) is 12.7 Å². The molecule has 0 atom stereocenters. The fraction of sp³-hybridized carbons (Fsp3) is 0.0714. The Balaban J connectivity index is 2.55. The molecule has 2 aromatic carbocycles. The normalized spacial score (nSPS) is 10.6. The van der Waals surface area contributed by atoms with Crippen molar-refractivity contribution >= 4 is 5.78 Å². The maximum absolute atomic E-state index is 13.7. The van der Waals surface area contributed by atoms with Crippen molar-refractivity contribution in [2.24, 2.45) is 0 Å². The van der Waals surface area contributed by atoms with Crippen molar-refractivity contribution in [3.8, 4) is 5.75 Å². The molecule has 0 bridgehead atoms. The summed E-state index contributed by atoms with van der Waals surface area (Å²) < 4.78 is 71.0. The molecule has 21 heavy (non-hydrogen) atoms. The van der Waals surface area contributed by atoms with Gasteiger partial charge in [-0.25, -0.2) is 22.0 Å². The summed E-state index contributed by atoms with van der Waals surface area (Å²) in [6, 6.07) is 2.22. The molecule has 0 unspecified atom stereocenters. The molecule has 0 aliphatic carbocycles. The van der Waals surface area contributed by atoms with Gasteiger partial charge in [-0.1, -0.05) is 0 Å². The molecule has 0 aromatic heterocycles. The van der Waals surface area contributed by atoms with Gasteiger partial charge in [0.2, 0.25) is 0 Å². The summed E-state index contributed by atoms with van der Waals surface area (Å²) in [7, 11) is 1.17. The molecule has 7 heteroatoms. The fourth-order valence-electron chi connectivity index (χ4n) is 1.72. The van der Waals surface area contributed by atoms with Gasteiger partial charge in [-0.3, -0.25) is 4.79 Å². The summed E-state index contributed by atoms with van der Waals surface area (Å²) >= 11 is 0. The van der Waals surface area contributed by atoms with E-state index in [0.29, 0.717) is 12.1 Å². The summed E-state index contributed by atoms with van der Waals surface area (Å²) in [5.41, 5.74) is -1.73. The van der Waals surface area contributed by atoms with Crippen LogP contribution in [0.25, 0.3) is 0 Å². The van der Waals surface area contributed by atoms with Crippen LogP contribution in [0.3, 0.4) is 0 Å². The zero-order chi connectivity index (χ0) is 15.7. The number of hydrogen-bond acceptors (Lipinski definition) is 2. The highest BCUT2D eigenvalue weighted by Gasteiger charge is 2.23. The van der Waals surface area contributed by atoms with Gasteiger partial charge >= 0.3 is 0 Å². The van der Waals surface area contributed by atoms with Gasteiger partial charge in [0.1, 0.15) is 17.4 Å². The topological polar surface area (TPSA) is 26.3 Å². The average molecular weight is 302 g/mol. The van der Waals surface area contributed by atoms with Gasteiger partial charge in [-0.15, -0.1) is 0 Å². The molecule has 110 valence electrons. The second-order valence-corrected chi connectivity index (χ2v) is 4.05. The van der Waals surface area contributed by atoms with Crippen molar-refractivity contribution in [2.45, 2.75) is 0 Å². The van der Waals surface area contributed by atoms with E-state index < -0.39 is 46.0 Å². The third-order valence-electron chi connectivity index (χ3n) is 2.72. The lowest BCUT2D eigenvalue weighted by Crippen LogP contribution is -2.09. The predicted molar refractivity (Wildman–Crippen MR) is 62.7 cm³/mol. The third kappa shape index (κ3) is 2.72. The Morgan fingerprint density at radius 2 is 1.33 bits per heavy atom. The molecule has 0 radical (unpaired) electrons. The van der Waals surface area contributed by atoms with Crippen LogP contribution in [0.4, 0.5) is 22.0 Å². The summed E-state index contributed by atoms with van der Waals surface area (Å²) in [4.78, 5) is 11.9. The van der Waals surface area contributed by atoms with E-state index in [9.17, 15) is 26.7 Å². The predicted octanol–water partition coefficient (Wildman–Crippen LogP) is 3.62. The van der Waals surface area contributed by atoms with Gasteiger partial charge in [0, 0.05) is 17.7 Å². The van der Waals surface area contributed by atoms with Crippen LogP contribution in [0.1, 0.15) is 15.9 Å². The number of ether oxygens (including phenoxy) is 1. The second kappa shape index (κ2) is 5.51. The van der Waals surface area contributed by atoms with Gasteiger partial charge in [-0.05, 0) is 12.1 Å². The van der Waals surface area contributed by atoms with Crippen molar-refractivity contribution in [2.75, 3.05) is 7.11 Å². The van der Waals surface area contributed by atoms with Gasteiger partial charge in [-0.2, -0.15) is 0 Å². The number of carbonyl (C=O) groups excluding carboxylic acids is 1. The van der Waals surface area contributed by atoms with E-state index in [-0.39, 0.29) is 5.75 Å². The quantitative estimate of drug-likeness (QED) is 0.492. The molecule has 0 spiro atoms. The van der Waals surface area contributed by atoms with Gasteiger partial charge < -0.3 is 4.74 Å². The van der Waals surface area contributed by atoms with E-state index in [1.807, 2.05) is 0 Å². The first-order valence-corrected chi connectivity index (χ1v) is 5.57. The highest BCUT2D eigenvalue weighted by molar-refractivity contribution is 6.09. The van der Waals surface area contributed by atoms with Crippen LogP contribution in [0.5, 0.6) is 5.75 Å². The van der Waals surface area contributed by atoms with Crippen molar-refractivity contribution in [3.05, 3.63) is 64.5 Å². The Bertz CT molecular complexity index is 681. The molecule has 0 aliphatic rings. The first kappa shape index (κ1) is 15.0. The molecule has 0 amide bonds. The molecule has 2 nitrogen and oxygen atoms in total. The molecule has 2 aromatic rings.